The van der Waals surface area contributed by atoms with Crippen LogP contribution in [-0.2, 0) is 5.41 Å². The second kappa shape index (κ2) is 6.00. The first-order valence-corrected chi connectivity index (χ1v) is 6.85. The molecule has 0 aliphatic heterocycles. The highest BCUT2D eigenvalue weighted by molar-refractivity contribution is 6.42. The van der Waals surface area contributed by atoms with Crippen LogP contribution < -0.4 is 0 Å². The minimum atomic E-state index is 0. The summed E-state index contributed by atoms with van der Waals surface area (Å²) in [6.07, 6.45) is 3.78. The van der Waals surface area contributed by atoms with Crippen molar-refractivity contribution in [3.8, 4) is 0 Å². The van der Waals surface area contributed by atoms with E-state index >= 15 is 0 Å². The number of halogens is 3. The Bertz CT molecular complexity index is 414. The van der Waals surface area contributed by atoms with E-state index in [0.29, 0.717) is 16.1 Å². The maximum absolute atomic E-state index is 6.14. The van der Waals surface area contributed by atoms with Crippen LogP contribution in [0.5, 0.6) is 0 Å². The van der Waals surface area contributed by atoms with Crippen molar-refractivity contribution in [1.82, 2.24) is 4.90 Å². The van der Waals surface area contributed by atoms with E-state index in [0.717, 1.165) is 0 Å². The van der Waals surface area contributed by atoms with Crippen molar-refractivity contribution >= 4 is 35.6 Å². The van der Waals surface area contributed by atoms with Crippen LogP contribution in [0.3, 0.4) is 0 Å². The van der Waals surface area contributed by atoms with Crippen molar-refractivity contribution in [3.63, 3.8) is 0 Å². The molecule has 1 aromatic carbocycles. The third-order valence-corrected chi connectivity index (χ3v) is 5.05. The van der Waals surface area contributed by atoms with Crippen LogP contribution in [-0.4, -0.2) is 25.0 Å². The highest BCUT2D eigenvalue weighted by atomic mass is 35.5. The molecule has 1 fully saturated rings. The van der Waals surface area contributed by atoms with Crippen molar-refractivity contribution in [1.29, 1.82) is 0 Å². The fraction of sp³-hybridized carbons (Fsp3) is 0.571. The number of hydrogen-bond donors (Lipinski definition) is 0. The molecule has 1 aromatic rings. The molecule has 2 rings (SSSR count). The summed E-state index contributed by atoms with van der Waals surface area (Å²) in [4.78, 5) is 2.29. The second-order valence-corrected chi connectivity index (χ2v) is 6.09. The topological polar surface area (TPSA) is 3.24 Å². The Morgan fingerprint density at radius 2 is 1.78 bits per heavy atom. The van der Waals surface area contributed by atoms with E-state index in [1.807, 2.05) is 12.1 Å². The highest BCUT2D eigenvalue weighted by Gasteiger charge is 2.44. The molecule has 1 atom stereocenters. The van der Waals surface area contributed by atoms with Gasteiger partial charge in [0, 0.05) is 11.5 Å². The predicted octanol–water partition coefficient (Wildman–Crippen LogP) is 4.79. The van der Waals surface area contributed by atoms with E-state index in [4.69, 9.17) is 23.2 Å². The van der Waals surface area contributed by atoms with Crippen LogP contribution in [0.1, 0.15) is 31.7 Å². The summed E-state index contributed by atoms with van der Waals surface area (Å²) in [6, 6.07) is 6.62. The first kappa shape index (κ1) is 16.1. The molecule has 0 heterocycles. The Labute approximate surface area is 126 Å². The lowest BCUT2D eigenvalue weighted by molar-refractivity contribution is 0.109. The molecule has 0 radical (unpaired) electrons. The molecule has 1 aliphatic carbocycles. The zero-order valence-electron chi connectivity index (χ0n) is 11.0. The van der Waals surface area contributed by atoms with Crippen LogP contribution in [0.4, 0.5) is 0 Å². The molecule has 1 unspecified atom stereocenters. The number of benzene rings is 1. The second-order valence-electron chi connectivity index (χ2n) is 5.28. The zero-order valence-corrected chi connectivity index (χ0v) is 13.4. The van der Waals surface area contributed by atoms with Gasteiger partial charge in [0.2, 0.25) is 0 Å². The van der Waals surface area contributed by atoms with Gasteiger partial charge in [0.25, 0.3) is 0 Å². The Balaban J connectivity index is 0.00000162. The van der Waals surface area contributed by atoms with Crippen molar-refractivity contribution < 1.29 is 0 Å². The first-order valence-electron chi connectivity index (χ1n) is 6.09. The fourth-order valence-corrected chi connectivity index (χ4v) is 3.10. The normalized spacial score (nSPS) is 19.0. The van der Waals surface area contributed by atoms with E-state index in [9.17, 15) is 0 Å². The summed E-state index contributed by atoms with van der Waals surface area (Å²) in [5, 5.41) is 1.31. The summed E-state index contributed by atoms with van der Waals surface area (Å²) in [7, 11) is 4.28. The van der Waals surface area contributed by atoms with Crippen molar-refractivity contribution in [2.45, 2.75) is 37.6 Å². The largest absolute Gasteiger partial charge is 0.306 e. The predicted molar refractivity (Wildman–Crippen MR) is 82.4 cm³/mol. The summed E-state index contributed by atoms with van der Waals surface area (Å²) < 4.78 is 0. The van der Waals surface area contributed by atoms with Gasteiger partial charge in [0.15, 0.2) is 0 Å². The minimum Gasteiger partial charge on any atom is -0.306 e. The summed E-state index contributed by atoms with van der Waals surface area (Å²) >= 11 is 12.1. The Morgan fingerprint density at radius 1 is 1.17 bits per heavy atom. The van der Waals surface area contributed by atoms with Gasteiger partial charge in [-0.25, -0.2) is 0 Å². The van der Waals surface area contributed by atoms with E-state index < -0.39 is 0 Å². The monoisotopic (exact) mass is 307 g/mol. The molecule has 1 nitrogen and oxygen atoms in total. The van der Waals surface area contributed by atoms with Gasteiger partial charge in [0.05, 0.1) is 10.0 Å². The van der Waals surface area contributed by atoms with Crippen molar-refractivity contribution in [2.24, 2.45) is 0 Å². The maximum atomic E-state index is 6.14. The van der Waals surface area contributed by atoms with Gasteiger partial charge < -0.3 is 4.90 Å². The number of likely N-dealkylation sites (N-methyl/N-ethyl adjacent to an activating group) is 1. The lowest BCUT2D eigenvalue weighted by atomic mass is 9.60. The average molecular weight is 309 g/mol. The minimum absolute atomic E-state index is 0. The fourth-order valence-electron chi connectivity index (χ4n) is 2.81. The number of hydrogen-bond acceptors (Lipinski definition) is 1. The molecule has 18 heavy (non-hydrogen) atoms. The molecule has 1 saturated carbocycles. The number of rotatable bonds is 3. The summed E-state index contributed by atoms with van der Waals surface area (Å²) in [5.41, 5.74) is 1.59. The van der Waals surface area contributed by atoms with Gasteiger partial charge in [-0.05, 0) is 51.6 Å². The lowest BCUT2D eigenvalue weighted by Gasteiger charge is -2.49. The molecular weight excluding hydrogens is 289 g/mol. The Kier molecular flexibility index (Phi) is 5.37. The first-order chi connectivity index (χ1) is 7.97. The lowest BCUT2D eigenvalue weighted by Crippen LogP contribution is -2.50. The molecule has 0 spiro atoms. The molecule has 1 aliphatic rings. The Hall–Kier alpha value is 0.0500. The summed E-state index contributed by atoms with van der Waals surface area (Å²) in [6.45, 7) is 2.29. The molecule has 0 bridgehead atoms. The van der Waals surface area contributed by atoms with Gasteiger partial charge in [0.1, 0.15) is 0 Å². The van der Waals surface area contributed by atoms with Crippen LogP contribution in [0.25, 0.3) is 0 Å². The summed E-state index contributed by atoms with van der Waals surface area (Å²) in [5.74, 6) is 0. The third kappa shape index (κ3) is 2.65. The van der Waals surface area contributed by atoms with Crippen molar-refractivity contribution in [3.05, 3.63) is 33.8 Å². The van der Waals surface area contributed by atoms with Crippen LogP contribution in [0.2, 0.25) is 10.0 Å². The SMILES string of the molecule is CC(N(C)C)C1(c2ccc(Cl)c(Cl)c2)CCC1.Cl. The molecule has 4 heteroatoms. The molecule has 0 saturated heterocycles. The van der Waals surface area contributed by atoms with Crippen molar-refractivity contribution in [2.75, 3.05) is 14.1 Å². The molecule has 102 valence electrons. The van der Waals surface area contributed by atoms with Crippen LogP contribution in [0, 0.1) is 0 Å². The smallest absolute Gasteiger partial charge is 0.0595 e. The highest BCUT2D eigenvalue weighted by Crippen LogP contribution is 2.48. The van der Waals surface area contributed by atoms with Gasteiger partial charge in [-0.3, -0.25) is 0 Å². The van der Waals surface area contributed by atoms with Gasteiger partial charge in [-0.1, -0.05) is 35.7 Å². The molecule has 0 amide bonds. The molecule has 0 aromatic heterocycles. The third-order valence-electron chi connectivity index (χ3n) is 4.31. The van der Waals surface area contributed by atoms with E-state index in [1.165, 1.54) is 24.8 Å². The van der Waals surface area contributed by atoms with E-state index in [-0.39, 0.29) is 17.8 Å². The average Bonchev–Trinajstić information content (AvgIpc) is 2.21. The number of nitrogens with zero attached hydrogens (tertiary/aromatic N) is 1. The van der Waals surface area contributed by atoms with Gasteiger partial charge in [-0.15, -0.1) is 12.4 Å². The van der Waals surface area contributed by atoms with Crippen LogP contribution in [0.15, 0.2) is 18.2 Å². The van der Waals surface area contributed by atoms with Gasteiger partial charge >= 0.3 is 0 Å². The molecular formula is C14H20Cl3N. The standard InChI is InChI=1S/C14H19Cl2N.ClH/c1-10(17(2)3)14(7-4-8-14)11-5-6-12(15)13(16)9-11;/h5-6,9-10H,4,7-8H2,1-3H3;1H. The molecule has 0 N–H and O–H groups in total. The zero-order chi connectivity index (χ0) is 12.6. The van der Waals surface area contributed by atoms with Crippen LogP contribution >= 0.6 is 35.6 Å². The van der Waals surface area contributed by atoms with E-state index in [2.05, 4.69) is 32.0 Å². The Morgan fingerprint density at radius 3 is 2.17 bits per heavy atom. The van der Waals surface area contributed by atoms with E-state index in [1.54, 1.807) is 0 Å². The maximum Gasteiger partial charge on any atom is 0.0595 e. The quantitative estimate of drug-likeness (QED) is 0.776. The van der Waals surface area contributed by atoms with Gasteiger partial charge in [-0.2, -0.15) is 0 Å².